The minimum absolute atomic E-state index is 0.621. The Morgan fingerprint density at radius 3 is 1.04 bits per heavy atom. The first-order valence-electron chi connectivity index (χ1n) is 8.56. The molecule has 2 aliphatic rings. The summed E-state index contributed by atoms with van der Waals surface area (Å²) in [5.74, 6) is 1.24. The van der Waals surface area contributed by atoms with Gasteiger partial charge in [-0.25, -0.2) is 0 Å². The fourth-order valence-electron chi connectivity index (χ4n) is 3.85. The Morgan fingerprint density at radius 2 is 0.875 bits per heavy atom. The van der Waals surface area contributed by atoms with Crippen molar-refractivity contribution in [3.05, 3.63) is 41.2 Å². The molecular weight excluding hydrogens is 332 g/mol. The van der Waals surface area contributed by atoms with Gasteiger partial charge in [-0.3, -0.25) is 0 Å². The first kappa shape index (κ1) is 23.5. The Kier molecular flexibility index (Phi) is 9.60. The molecule has 2 atom stereocenters. The van der Waals surface area contributed by atoms with Gasteiger partial charge in [0.05, 0.1) is 0 Å². The molecule has 0 bridgehead atoms. The minimum atomic E-state index is -1.58. The molecule has 2 unspecified atom stereocenters. The van der Waals surface area contributed by atoms with Crippen LogP contribution in [0.3, 0.4) is 0 Å². The van der Waals surface area contributed by atoms with Crippen LogP contribution < -0.4 is 0 Å². The topological polar surface area (TPSA) is 40.5 Å². The monoisotopic (exact) mass is 368 g/mol. The molecule has 2 rings (SSSR count). The van der Waals surface area contributed by atoms with Crippen molar-refractivity contribution < 1.29 is 27.6 Å². The summed E-state index contributed by atoms with van der Waals surface area (Å²) < 4.78 is 3.42. The van der Waals surface area contributed by atoms with Crippen LogP contribution in [0.15, 0.2) is 41.2 Å². The van der Waals surface area contributed by atoms with Crippen LogP contribution in [0.4, 0.5) is 0 Å². The third-order valence-corrected chi connectivity index (χ3v) is 10.5. The van der Waals surface area contributed by atoms with Crippen molar-refractivity contribution >= 4 is 4.82 Å². The molecule has 0 aromatic rings. The molecule has 0 saturated carbocycles. The van der Waals surface area contributed by atoms with Gasteiger partial charge in [0.2, 0.25) is 0 Å². The Balaban J connectivity index is 0.00000123. The number of hydrogen-bond acceptors (Lipinski definition) is 2. The van der Waals surface area contributed by atoms with Crippen molar-refractivity contribution in [3.8, 4) is 0 Å². The van der Waals surface area contributed by atoms with Gasteiger partial charge >= 0.3 is 131 Å². The Bertz CT molecular complexity index is 576. The first-order valence-corrected chi connectivity index (χ1v) is 11.2. The fraction of sp³-hybridized carbons (Fsp3) is 0.571. The average Bonchev–Trinajstić information content (AvgIpc) is 2.91. The number of hydrogen-bond donors (Lipinski definition) is 2. The molecule has 24 heavy (non-hydrogen) atoms. The molecule has 0 heterocycles. The molecule has 2 aliphatic carbocycles. The molecule has 0 saturated heterocycles. The Hall–Kier alpha value is -0.536. The van der Waals surface area contributed by atoms with Crippen LogP contribution in [0.1, 0.15) is 55.4 Å². The molecule has 0 radical (unpaired) electrons. The summed E-state index contributed by atoms with van der Waals surface area (Å²) in [5.41, 5.74) is 9.27. The molecule has 0 fully saturated rings. The molecule has 0 amide bonds. The van der Waals surface area contributed by atoms with Gasteiger partial charge in [-0.1, -0.05) is 0 Å². The summed E-state index contributed by atoms with van der Waals surface area (Å²) in [7, 11) is 2.00. The standard InChI is InChI=1S/2C9H13.2CH4O.CH2.Ti/c2*1-6-5-7(2)9(4)8(6)3;2*1-2;;/h2*6H,1-4H3;2*2H,1H3;1H2;. The van der Waals surface area contributed by atoms with Crippen molar-refractivity contribution in [1.29, 1.82) is 0 Å². The molecule has 0 aromatic carbocycles. The van der Waals surface area contributed by atoms with E-state index < -0.39 is 17.4 Å². The predicted molar refractivity (Wildman–Crippen MR) is 104 cm³/mol. The summed E-state index contributed by atoms with van der Waals surface area (Å²) in [4.78, 5) is 4.74. The van der Waals surface area contributed by atoms with E-state index in [2.05, 4.69) is 55.4 Å². The van der Waals surface area contributed by atoms with E-state index in [9.17, 15) is 0 Å². The third-order valence-electron chi connectivity index (χ3n) is 5.93. The van der Waals surface area contributed by atoms with E-state index >= 15 is 0 Å². The summed E-state index contributed by atoms with van der Waals surface area (Å²) >= 11 is -1.58. The van der Waals surface area contributed by atoms with Crippen molar-refractivity contribution in [3.63, 3.8) is 0 Å². The second-order valence-corrected chi connectivity index (χ2v) is 9.79. The van der Waals surface area contributed by atoms with Gasteiger partial charge in [0.1, 0.15) is 0 Å². The van der Waals surface area contributed by atoms with Gasteiger partial charge in [-0.05, 0) is 0 Å². The number of allylic oxidation sites excluding steroid dienone is 8. The third kappa shape index (κ3) is 3.99. The van der Waals surface area contributed by atoms with Gasteiger partial charge < -0.3 is 10.2 Å². The van der Waals surface area contributed by atoms with Crippen molar-refractivity contribution in [2.24, 2.45) is 11.8 Å². The van der Waals surface area contributed by atoms with E-state index in [4.69, 9.17) is 15.0 Å². The summed E-state index contributed by atoms with van der Waals surface area (Å²) in [6.45, 7) is 18.6. The maximum absolute atomic E-state index is 7.00. The maximum atomic E-state index is 7.00. The van der Waals surface area contributed by atoms with E-state index in [0.29, 0.717) is 11.8 Å². The molecule has 2 nitrogen and oxygen atoms in total. The summed E-state index contributed by atoms with van der Waals surface area (Å²) in [6.07, 6.45) is 0. The van der Waals surface area contributed by atoms with Crippen molar-refractivity contribution in [1.82, 2.24) is 0 Å². The van der Waals surface area contributed by atoms with Crippen LogP contribution in [0.5, 0.6) is 0 Å². The molecule has 0 aromatic heterocycles. The molecular formula is C21H36O2Ti. The zero-order chi connectivity index (χ0) is 19.4. The van der Waals surface area contributed by atoms with Gasteiger partial charge in [-0.15, -0.1) is 0 Å². The van der Waals surface area contributed by atoms with Gasteiger partial charge in [0, 0.05) is 14.2 Å². The van der Waals surface area contributed by atoms with E-state index in [-0.39, 0.29) is 0 Å². The van der Waals surface area contributed by atoms with E-state index in [1.54, 1.807) is 30.0 Å². The molecule has 0 aliphatic heterocycles. The normalized spacial score (nSPS) is 23.3. The molecule has 3 heteroatoms. The zero-order valence-electron chi connectivity index (χ0n) is 17.3. The van der Waals surface area contributed by atoms with Gasteiger partial charge in [0.15, 0.2) is 0 Å². The SMILES string of the molecule is CO.CO.[CH2]=[Ti]([C]1=C(C)C(C)=C(C)C1C)[C]1=C(C)C(C)=C(C)C1C. The van der Waals surface area contributed by atoms with Gasteiger partial charge in [0.25, 0.3) is 0 Å². The summed E-state index contributed by atoms with van der Waals surface area (Å²) in [6, 6.07) is 0. The van der Waals surface area contributed by atoms with E-state index in [0.717, 1.165) is 14.2 Å². The van der Waals surface area contributed by atoms with Crippen LogP contribution in [-0.4, -0.2) is 29.2 Å². The fourth-order valence-corrected chi connectivity index (χ4v) is 8.61. The zero-order valence-corrected chi connectivity index (χ0v) is 18.8. The quantitative estimate of drug-likeness (QED) is 0.689. The van der Waals surface area contributed by atoms with Crippen LogP contribution in [0.25, 0.3) is 0 Å². The average molecular weight is 368 g/mol. The number of rotatable bonds is 2. The van der Waals surface area contributed by atoms with Crippen molar-refractivity contribution in [2.45, 2.75) is 55.4 Å². The van der Waals surface area contributed by atoms with Gasteiger partial charge in [-0.2, -0.15) is 0 Å². The van der Waals surface area contributed by atoms with Crippen LogP contribution in [0, 0.1) is 11.8 Å². The second kappa shape index (κ2) is 9.82. The number of aliphatic hydroxyl groups is 2. The molecule has 2 N–H and O–H groups in total. The first-order chi connectivity index (χ1) is 11.2. The molecule has 0 spiro atoms. The van der Waals surface area contributed by atoms with Crippen LogP contribution in [-0.2, 0) is 17.4 Å². The predicted octanol–water partition coefficient (Wildman–Crippen LogP) is 4.77. The molecule has 136 valence electrons. The Morgan fingerprint density at radius 1 is 0.625 bits per heavy atom. The van der Waals surface area contributed by atoms with Crippen LogP contribution >= 0.6 is 0 Å². The van der Waals surface area contributed by atoms with E-state index in [1.807, 2.05) is 0 Å². The Labute approximate surface area is 155 Å². The van der Waals surface area contributed by atoms with E-state index in [1.165, 1.54) is 11.1 Å². The number of aliphatic hydroxyl groups excluding tert-OH is 2. The second-order valence-electron chi connectivity index (χ2n) is 6.62. The van der Waals surface area contributed by atoms with Crippen LogP contribution in [0.2, 0.25) is 0 Å². The summed E-state index contributed by atoms with van der Waals surface area (Å²) in [5, 5.41) is 14.0. The van der Waals surface area contributed by atoms with Crippen molar-refractivity contribution in [2.75, 3.05) is 14.2 Å².